The van der Waals surface area contributed by atoms with Crippen LogP contribution in [0, 0.1) is 0 Å². The zero-order chi connectivity index (χ0) is 15.7. The fourth-order valence-electron chi connectivity index (χ4n) is 2.15. The van der Waals surface area contributed by atoms with Crippen LogP contribution >= 0.6 is 11.6 Å². The molecule has 0 aliphatic heterocycles. The van der Waals surface area contributed by atoms with Gasteiger partial charge in [0, 0.05) is 23.4 Å². The van der Waals surface area contributed by atoms with Crippen molar-refractivity contribution >= 4 is 28.5 Å². The van der Waals surface area contributed by atoms with Crippen LogP contribution in [0.3, 0.4) is 0 Å². The molecule has 0 fully saturated rings. The van der Waals surface area contributed by atoms with Crippen molar-refractivity contribution in [1.29, 1.82) is 0 Å². The summed E-state index contributed by atoms with van der Waals surface area (Å²) in [7, 11) is 0. The highest BCUT2D eigenvalue weighted by atomic mass is 35.5. The molecule has 0 unspecified atom stereocenters. The van der Waals surface area contributed by atoms with Gasteiger partial charge in [0.2, 0.25) is 0 Å². The normalized spacial score (nSPS) is 10.6. The van der Waals surface area contributed by atoms with Crippen LogP contribution in [-0.2, 0) is 4.79 Å². The first-order valence-electron chi connectivity index (χ1n) is 6.55. The first-order chi connectivity index (χ1) is 10.5. The summed E-state index contributed by atoms with van der Waals surface area (Å²) in [5, 5.41) is 1.33. The lowest BCUT2D eigenvalue weighted by atomic mass is 10.1. The minimum absolute atomic E-state index is 0.336. The number of esters is 1. The van der Waals surface area contributed by atoms with Gasteiger partial charge in [-0.2, -0.15) is 0 Å². The van der Waals surface area contributed by atoms with Crippen molar-refractivity contribution in [2.45, 2.75) is 6.92 Å². The molecule has 1 heterocycles. The predicted molar refractivity (Wildman–Crippen MR) is 84.2 cm³/mol. The standard InChI is InChI=1S/C17H11ClO4/c1-10(19)21-14-7-4-12-8-15(17(20)22-16(12)9-14)11-2-5-13(18)6-3-11/h2-9H,1H3. The molecule has 0 aliphatic carbocycles. The summed E-state index contributed by atoms with van der Waals surface area (Å²) < 4.78 is 10.3. The molecule has 0 N–H and O–H groups in total. The maximum Gasteiger partial charge on any atom is 0.344 e. The van der Waals surface area contributed by atoms with E-state index in [2.05, 4.69) is 0 Å². The maximum absolute atomic E-state index is 12.1. The second-order valence-electron chi connectivity index (χ2n) is 4.75. The van der Waals surface area contributed by atoms with Gasteiger partial charge in [-0.3, -0.25) is 4.79 Å². The SMILES string of the molecule is CC(=O)Oc1ccc2cc(-c3ccc(Cl)cc3)c(=O)oc2c1. The summed E-state index contributed by atoms with van der Waals surface area (Å²) in [6, 6.07) is 13.6. The Labute approximate surface area is 130 Å². The Morgan fingerprint density at radius 1 is 1.09 bits per heavy atom. The largest absolute Gasteiger partial charge is 0.427 e. The molecule has 0 atom stereocenters. The van der Waals surface area contributed by atoms with E-state index in [9.17, 15) is 9.59 Å². The monoisotopic (exact) mass is 314 g/mol. The number of hydrogen-bond acceptors (Lipinski definition) is 4. The van der Waals surface area contributed by atoms with Crippen molar-refractivity contribution in [3.8, 4) is 16.9 Å². The molecule has 0 aliphatic rings. The van der Waals surface area contributed by atoms with Crippen molar-refractivity contribution < 1.29 is 13.9 Å². The van der Waals surface area contributed by atoms with Crippen molar-refractivity contribution in [3.63, 3.8) is 0 Å². The Morgan fingerprint density at radius 2 is 1.82 bits per heavy atom. The van der Waals surface area contributed by atoms with Crippen molar-refractivity contribution in [1.82, 2.24) is 0 Å². The lowest BCUT2D eigenvalue weighted by Crippen LogP contribution is -2.04. The van der Waals surface area contributed by atoms with Gasteiger partial charge in [0.1, 0.15) is 11.3 Å². The third kappa shape index (κ3) is 2.87. The molecule has 3 rings (SSSR count). The van der Waals surface area contributed by atoms with E-state index in [0.717, 1.165) is 10.9 Å². The fraction of sp³-hybridized carbons (Fsp3) is 0.0588. The average molecular weight is 315 g/mol. The van der Waals surface area contributed by atoms with Crippen molar-refractivity contribution in [2.75, 3.05) is 0 Å². The Morgan fingerprint density at radius 3 is 2.50 bits per heavy atom. The van der Waals surface area contributed by atoms with Crippen LogP contribution in [-0.4, -0.2) is 5.97 Å². The summed E-state index contributed by atoms with van der Waals surface area (Å²) >= 11 is 5.85. The van der Waals surface area contributed by atoms with Crippen LogP contribution in [0.1, 0.15) is 6.92 Å². The third-order valence-electron chi connectivity index (χ3n) is 3.12. The van der Waals surface area contributed by atoms with Crippen LogP contribution in [0.25, 0.3) is 22.1 Å². The van der Waals surface area contributed by atoms with Gasteiger partial charge in [0.15, 0.2) is 0 Å². The highest BCUT2D eigenvalue weighted by Gasteiger charge is 2.09. The van der Waals surface area contributed by atoms with Gasteiger partial charge >= 0.3 is 11.6 Å². The summed E-state index contributed by atoms with van der Waals surface area (Å²) in [6.45, 7) is 1.31. The number of carbonyl (C=O) groups excluding carboxylic acids is 1. The minimum atomic E-state index is -0.463. The summed E-state index contributed by atoms with van der Waals surface area (Å²) in [6.07, 6.45) is 0. The average Bonchev–Trinajstić information content (AvgIpc) is 2.47. The van der Waals surface area contributed by atoms with E-state index in [4.69, 9.17) is 20.8 Å². The van der Waals surface area contributed by atoms with Gasteiger partial charge in [0.25, 0.3) is 0 Å². The van der Waals surface area contributed by atoms with E-state index in [-0.39, 0.29) is 0 Å². The molecule has 0 amide bonds. The molecule has 110 valence electrons. The predicted octanol–water partition coefficient (Wildman–Crippen LogP) is 4.04. The van der Waals surface area contributed by atoms with Gasteiger partial charge in [-0.1, -0.05) is 23.7 Å². The van der Waals surface area contributed by atoms with Gasteiger partial charge in [-0.15, -0.1) is 0 Å². The first kappa shape index (κ1) is 14.4. The van der Waals surface area contributed by atoms with E-state index in [0.29, 0.717) is 21.9 Å². The molecule has 0 saturated heterocycles. The quantitative estimate of drug-likeness (QED) is 0.407. The first-order valence-corrected chi connectivity index (χ1v) is 6.93. The maximum atomic E-state index is 12.1. The Balaban J connectivity index is 2.11. The third-order valence-corrected chi connectivity index (χ3v) is 3.38. The lowest BCUT2D eigenvalue weighted by Gasteiger charge is -2.05. The highest BCUT2D eigenvalue weighted by molar-refractivity contribution is 6.30. The lowest BCUT2D eigenvalue weighted by molar-refractivity contribution is -0.131. The number of fused-ring (bicyclic) bond motifs is 1. The number of carbonyl (C=O) groups is 1. The molecule has 0 saturated carbocycles. The van der Waals surface area contributed by atoms with E-state index in [1.54, 1.807) is 42.5 Å². The molecule has 4 nitrogen and oxygen atoms in total. The Bertz CT molecular complexity index is 910. The zero-order valence-corrected chi connectivity index (χ0v) is 12.4. The summed E-state index contributed by atoms with van der Waals surface area (Å²) in [4.78, 5) is 23.1. The van der Waals surface area contributed by atoms with Crippen LogP contribution in [0.2, 0.25) is 5.02 Å². The van der Waals surface area contributed by atoms with Gasteiger partial charge < -0.3 is 9.15 Å². The molecule has 1 aromatic heterocycles. The van der Waals surface area contributed by atoms with Crippen LogP contribution < -0.4 is 10.4 Å². The molecular weight excluding hydrogens is 304 g/mol. The molecule has 22 heavy (non-hydrogen) atoms. The van der Waals surface area contributed by atoms with Crippen LogP contribution in [0.4, 0.5) is 0 Å². The highest BCUT2D eigenvalue weighted by Crippen LogP contribution is 2.25. The van der Waals surface area contributed by atoms with Crippen LogP contribution in [0.15, 0.2) is 57.7 Å². The Kier molecular flexibility index (Phi) is 3.69. The van der Waals surface area contributed by atoms with Crippen molar-refractivity contribution in [3.05, 3.63) is 64.0 Å². The fourth-order valence-corrected chi connectivity index (χ4v) is 2.28. The molecule has 3 aromatic rings. The van der Waals surface area contributed by atoms with E-state index >= 15 is 0 Å². The molecule has 0 bridgehead atoms. The van der Waals surface area contributed by atoms with Gasteiger partial charge in [-0.25, -0.2) is 4.79 Å². The van der Waals surface area contributed by atoms with E-state index in [1.807, 2.05) is 0 Å². The second kappa shape index (κ2) is 5.66. The van der Waals surface area contributed by atoms with Crippen LogP contribution in [0.5, 0.6) is 5.75 Å². The number of ether oxygens (including phenoxy) is 1. The molecule has 2 aromatic carbocycles. The second-order valence-corrected chi connectivity index (χ2v) is 5.18. The van der Waals surface area contributed by atoms with Gasteiger partial charge in [0.05, 0.1) is 5.56 Å². The topological polar surface area (TPSA) is 56.5 Å². The number of halogens is 1. The molecular formula is C17H11ClO4. The number of rotatable bonds is 2. The van der Waals surface area contributed by atoms with E-state index in [1.165, 1.54) is 13.0 Å². The van der Waals surface area contributed by atoms with E-state index < -0.39 is 11.6 Å². The Hall–Kier alpha value is -2.59. The molecule has 5 heteroatoms. The van der Waals surface area contributed by atoms with Crippen molar-refractivity contribution in [2.24, 2.45) is 0 Å². The number of benzene rings is 2. The van der Waals surface area contributed by atoms with Gasteiger partial charge in [-0.05, 0) is 35.9 Å². The summed E-state index contributed by atoms with van der Waals surface area (Å²) in [5.74, 6) is -0.0955. The molecule has 0 radical (unpaired) electrons. The summed E-state index contributed by atoms with van der Waals surface area (Å²) in [5.41, 5.74) is 1.07. The zero-order valence-electron chi connectivity index (χ0n) is 11.6. The number of hydrogen-bond donors (Lipinski definition) is 0. The molecule has 0 spiro atoms. The smallest absolute Gasteiger partial charge is 0.344 e. The minimum Gasteiger partial charge on any atom is -0.427 e.